The summed E-state index contributed by atoms with van der Waals surface area (Å²) >= 11 is 0. The number of amides is 2. The van der Waals surface area contributed by atoms with Crippen molar-refractivity contribution in [2.75, 3.05) is 45.7 Å². The summed E-state index contributed by atoms with van der Waals surface area (Å²) in [6, 6.07) is 5.26. The van der Waals surface area contributed by atoms with Crippen LogP contribution in [0, 0.1) is 0 Å². The lowest BCUT2D eigenvalue weighted by atomic mass is 10.2. The van der Waals surface area contributed by atoms with Gasteiger partial charge in [-0.25, -0.2) is 4.79 Å². The Morgan fingerprint density at radius 3 is 2.32 bits per heavy atom. The van der Waals surface area contributed by atoms with E-state index in [1.54, 1.807) is 31.3 Å². The lowest BCUT2D eigenvalue weighted by Crippen LogP contribution is -2.48. The van der Waals surface area contributed by atoms with Crippen LogP contribution in [0.4, 0.5) is 10.5 Å². The summed E-state index contributed by atoms with van der Waals surface area (Å²) in [6.07, 6.45) is 0. The summed E-state index contributed by atoms with van der Waals surface area (Å²) in [6.45, 7) is 3.03. The first-order valence-corrected chi connectivity index (χ1v) is 6.24. The molecule has 1 fully saturated rings. The summed E-state index contributed by atoms with van der Waals surface area (Å²) in [4.78, 5) is 13.9. The van der Waals surface area contributed by atoms with Gasteiger partial charge in [0.15, 0.2) is 0 Å². The monoisotopic (exact) mass is 265 g/mol. The van der Waals surface area contributed by atoms with Crippen molar-refractivity contribution in [1.29, 1.82) is 0 Å². The summed E-state index contributed by atoms with van der Waals surface area (Å²) in [7, 11) is 3.13. The van der Waals surface area contributed by atoms with Gasteiger partial charge in [0.1, 0.15) is 17.2 Å². The third-order valence-corrected chi connectivity index (χ3v) is 3.06. The van der Waals surface area contributed by atoms with Crippen LogP contribution in [0.15, 0.2) is 18.2 Å². The predicted molar refractivity (Wildman–Crippen MR) is 73.0 cm³/mol. The van der Waals surface area contributed by atoms with Crippen LogP contribution in [0.3, 0.4) is 0 Å². The van der Waals surface area contributed by atoms with E-state index in [4.69, 9.17) is 9.47 Å². The van der Waals surface area contributed by atoms with E-state index in [0.29, 0.717) is 30.3 Å². The third kappa shape index (κ3) is 3.08. The van der Waals surface area contributed by atoms with Crippen LogP contribution in [-0.4, -0.2) is 51.3 Å². The molecular formula is C13H19N3O3. The van der Waals surface area contributed by atoms with E-state index < -0.39 is 0 Å². The molecule has 0 atom stereocenters. The van der Waals surface area contributed by atoms with Crippen molar-refractivity contribution in [3.05, 3.63) is 18.2 Å². The Morgan fingerprint density at radius 2 is 1.79 bits per heavy atom. The number of nitrogens with one attached hydrogen (secondary N) is 2. The number of nitrogens with zero attached hydrogens (tertiary/aromatic N) is 1. The molecule has 19 heavy (non-hydrogen) atoms. The minimum Gasteiger partial charge on any atom is -0.494 e. The smallest absolute Gasteiger partial charge is 0.322 e. The lowest BCUT2D eigenvalue weighted by molar-refractivity contribution is 0.203. The maximum absolute atomic E-state index is 12.2. The molecule has 0 radical (unpaired) electrons. The predicted octanol–water partition coefficient (Wildman–Crippen LogP) is 1.14. The fourth-order valence-electron chi connectivity index (χ4n) is 2.03. The minimum atomic E-state index is -0.135. The van der Waals surface area contributed by atoms with Crippen LogP contribution in [0.1, 0.15) is 0 Å². The highest BCUT2D eigenvalue weighted by molar-refractivity contribution is 5.93. The average Bonchev–Trinajstić information content (AvgIpc) is 2.48. The Balaban J connectivity index is 2.15. The van der Waals surface area contributed by atoms with Crippen molar-refractivity contribution in [2.45, 2.75) is 0 Å². The summed E-state index contributed by atoms with van der Waals surface area (Å²) < 4.78 is 10.5. The number of urea groups is 1. The second-order valence-corrected chi connectivity index (χ2v) is 4.20. The number of methoxy groups -OCH3 is 2. The van der Waals surface area contributed by atoms with Gasteiger partial charge in [0.2, 0.25) is 0 Å². The first-order valence-electron chi connectivity index (χ1n) is 6.24. The van der Waals surface area contributed by atoms with E-state index in [9.17, 15) is 4.79 Å². The summed E-state index contributed by atoms with van der Waals surface area (Å²) in [5.74, 6) is 1.17. The molecule has 2 N–H and O–H groups in total. The summed E-state index contributed by atoms with van der Waals surface area (Å²) in [5.41, 5.74) is 0.566. The molecule has 0 saturated carbocycles. The average molecular weight is 265 g/mol. The Labute approximate surface area is 112 Å². The maximum atomic E-state index is 12.2. The van der Waals surface area contributed by atoms with Gasteiger partial charge in [0.05, 0.1) is 14.2 Å². The molecule has 1 aromatic rings. The van der Waals surface area contributed by atoms with Gasteiger partial charge in [0.25, 0.3) is 0 Å². The van der Waals surface area contributed by atoms with Crippen LogP contribution in [0.2, 0.25) is 0 Å². The van der Waals surface area contributed by atoms with E-state index in [0.717, 1.165) is 13.1 Å². The third-order valence-electron chi connectivity index (χ3n) is 3.06. The number of ether oxygens (including phenoxy) is 2. The molecule has 6 nitrogen and oxygen atoms in total. The van der Waals surface area contributed by atoms with Gasteiger partial charge in [-0.3, -0.25) is 0 Å². The van der Waals surface area contributed by atoms with Crippen molar-refractivity contribution < 1.29 is 14.3 Å². The molecule has 6 heteroatoms. The topological polar surface area (TPSA) is 62.8 Å². The molecule has 1 heterocycles. The second kappa shape index (κ2) is 6.29. The normalized spacial score (nSPS) is 14.9. The largest absolute Gasteiger partial charge is 0.494 e. The molecule has 0 bridgehead atoms. The molecule has 2 amide bonds. The van der Waals surface area contributed by atoms with Gasteiger partial charge < -0.3 is 25.0 Å². The molecule has 0 spiro atoms. The highest BCUT2D eigenvalue weighted by Gasteiger charge is 2.19. The van der Waals surface area contributed by atoms with Gasteiger partial charge in [-0.05, 0) is 12.1 Å². The van der Waals surface area contributed by atoms with Gasteiger partial charge >= 0.3 is 6.03 Å². The molecule has 2 rings (SSSR count). The number of para-hydroxylation sites is 1. The Morgan fingerprint density at radius 1 is 1.21 bits per heavy atom. The minimum absolute atomic E-state index is 0.135. The van der Waals surface area contributed by atoms with Crippen molar-refractivity contribution in [1.82, 2.24) is 10.2 Å². The zero-order valence-corrected chi connectivity index (χ0v) is 11.2. The lowest BCUT2D eigenvalue weighted by Gasteiger charge is -2.28. The zero-order chi connectivity index (χ0) is 13.7. The van der Waals surface area contributed by atoms with Crippen LogP contribution >= 0.6 is 0 Å². The number of hydrogen-bond donors (Lipinski definition) is 2. The van der Waals surface area contributed by atoms with Crippen molar-refractivity contribution >= 4 is 11.7 Å². The van der Waals surface area contributed by atoms with E-state index in [2.05, 4.69) is 10.6 Å². The number of rotatable bonds is 3. The Bertz CT molecular complexity index is 423. The van der Waals surface area contributed by atoms with Crippen LogP contribution in [0.25, 0.3) is 0 Å². The fourth-order valence-corrected chi connectivity index (χ4v) is 2.03. The zero-order valence-electron chi connectivity index (χ0n) is 11.2. The van der Waals surface area contributed by atoms with E-state index >= 15 is 0 Å². The molecule has 104 valence electrons. The first-order chi connectivity index (χ1) is 9.26. The number of hydrogen-bond acceptors (Lipinski definition) is 4. The number of carbonyl (C=O) groups is 1. The first kappa shape index (κ1) is 13.5. The standard InChI is InChI=1S/C13H19N3O3/c1-18-10-4-3-5-11(19-2)12(10)15-13(17)16-8-6-14-7-9-16/h3-5,14H,6-9H2,1-2H3,(H,15,17). The van der Waals surface area contributed by atoms with E-state index in [1.165, 1.54) is 0 Å². The van der Waals surface area contributed by atoms with E-state index in [-0.39, 0.29) is 6.03 Å². The van der Waals surface area contributed by atoms with Crippen LogP contribution < -0.4 is 20.1 Å². The van der Waals surface area contributed by atoms with Crippen molar-refractivity contribution in [3.8, 4) is 11.5 Å². The van der Waals surface area contributed by atoms with Gasteiger partial charge in [-0.15, -0.1) is 0 Å². The molecule has 1 aliphatic heterocycles. The highest BCUT2D eigenvalue weighted by atomic mass is 16.5. The van der Waals surface area contributed by atoms with E-state index in [1.807, 2.05) is 6.07 Å². The van der Waals surface area contributed by atoms with Gasteiger partial charge in [-0.2, -0.15) is 0 Å². The Kier molecular flexibility index (Phi) is 4.46. The fraction of sp³-hybridized carbons (Fsp3) is 0.462. The quantitative estimate of drug-likeness (QED) is 0.860. The van der Waals surface area contributed by atoms with Crippen LogP contribution in [-0.2, 0) is 0 Å². The van der Waals surface area contributed by atoms with Gasteiger partial charge in [-0.1, -0.05) is 6.07 Å². The number of benzene rings is 1. The number of anilines is 1. The molecule has 0 aromatic heterocycles. The Hall–Kier alpha value is -1.95. The van der Waals surface area contributed by atoms with Crippen molar-refractivity contribution in [2.24, 2.45) is 0 Å². The molecular weight excluding hydrogens is 246 g/mol. The molecule has 0 aliphatic carbocycles. The van der Waals surface area contributed by atoms with Crippen molar-refractivity contribution in [3.63, 3.8) is 0 Å². The number of carbonyl (C=O) groups excluding carboxylic acids is 1. The molecule has 1 aromatic carbocycles. The molecule has 0 unspecified atom stereocenters. The molecule has 1 aliphatic rings. The molecule has 1 saturated heterocycles. The highest BCUT2D eigenvalue weighted by Crippen LogP contribution is 2.34. The van der Waals surface area contributed by atoms with Gasteiger partial charge in [0, 0.05) is 26.2 Å². The summed E-state index contributed by atoms with van der Waals surface area (Å²) in [5, 5.41) is 6.07. The second-order valence-electron chi connectivity index (χ2n) is 4.20. The van der Waals surface area contributed by atoms with Crippen LogP contribution in [0.5, 0.6) is 11.5 Å². The SMILES string of the molecule is COc1cccc(OC)c1NC(=O)N1CCNCC1. The maximum Gasteiger partial charge on any atom is 0.322 e. The number of piperazine rings is 1.